The Kier molecular flexibility index (Phi) is 6.87. The molecule has 0 saturated carbocycles. The molecule has 3 heterocycles. The number of anilines is 1. The molecule has 3 amide bonds. The van der Waals surface area contributed by atoms with Crippen molar-refractivity contribution in [1.82, 2.24) is 14.4 Å². The molecule has 1 aliphatic rings. The Hall–Kier alpha value is -3.86. The number of fused-ring (bicyclic) bond motifs is 1. The molecule has 2 aromatic heterocycles. The Morgan fingerprint density at radius 2 is 1.82 bits per heavy atom. The van der Waals surface area contributed by atoms with Crippen LogP contribution < -0.4 is 5.32 Å². The van der Waals surface area contributed by atoms with Crippen molar-refractivity contribution in [3.63, 3.8) is 0 Å². The molecule has 198 valence electrons. The topological polar surface area (TPSA) is 57.6 Å². The number of alkyl halides is 3. The van der Waals surface area contributed by atoms with Crippen LogP contribution in [0, 0.1) is 5.82 Å². The van der Waals surface area contributed by atoms with E-state index in [9.17, 15) is 27.2 Å². The number of nitrogens with one attached hydrogen (secondary N) is 1. The Labute approximate surface area is 220 Å². The first-order valence-electron chi connectivity index (χ1n) is 12.0. The molecule has 6 nitrogen and oxygen atoms in total. The fraction of sp³-hybridized carbons (Fsp3) is 0.259. The van der Waals surface area contributed by atoms with E-state index in [0.717, 1.165) is 27.9 Å². The lowest BCUT2D eigenvalue weighted by atomic mass is 10.1. The van der Waals surface area contributed by atoms with Crippen LogP contribution in [0.4, 0.5) is 28.0 Å². The van der Waals surface area contributed by atoms with E-state index in [0.29, 0.717) is 18.8 Å². The highest BCUT2D eigenvalue weighted by Gasteiger charge is 2.33. The summed E-state index contributed by atoms with van der Waals surface area (Å²) in [6.07, 6.45) is -4.45. The number of nitrogens with zero attached hydrogens (tertiary/aromatic N) is 3. The number of carbonyl (C=O) groups is 2. The highest BCUT2D eigenvalue weighted by Crippen LogP contribution is 2.30. The Morgan fingerprint density at radius 3 is 2.50 bits per heavy atom. The van der Waals surface area contributed by atoms with Gasteiger partial charge in [0.15, 0.2) is 0 Å². The fourth-order valence-electron chi connectivity index (χ4n) is 4.67. The number of aromatic nitrogens is 1. The molecule has 1 saturated heterocycles. The lowest BCUT2D eigenvalue weighted by Crippen LogP contribution is -2.56. The van der Waals surface area contributed by atoms with Crippen LogP contribution in [0.1, 0.15) is 28.5 Å². The molecule has 1 N–H and O–H groups in total. The average molecular weight is 545 g/mol. The number of benzene rings is 2. The number of hydrogen-bond acceptors (Lipinski definition) is 3. The van der Waals surface area contributed by atoms with Crippen LogP contribution in [0.25, 0.3) is 10.2 Å². The van der Waals surface area contributed by atoms with Crippen LogP contribution in [0.5, 0.6) is 0 Å². The first-order chi connectivity index (χ1) is 18.1. The van der Waals surface area contributed by atoms with Gasteiger partial charge in [0.1, 0.15) is 16.3 Å². The summed E-state index contributed by atoms with van der Waals surface area (Å²) in [5, 5.41) is 5.50. The molecule has 11 heteroatoms. The first kappa shape index (κ1) is 25.8. The Morgan fingerprint density at radius 1 is 1.05 bits per heavy atom. The van der Waals surface area contributed by atoms with Gasteiger partial charge in [-0.2, -0.15) is 13.2 Å². The van der Waals surface area contributed by atoms with Crippen LogP contribution >= 0.6 is 11.3 Å². The highest BCUT2D eigenvalue weighted by molar-refractivity contribution is 7.16. The zero-order chi connectivity index (χ0) is 27.0. The van der Waals surface area contributed by atoms with Gasteiger partial charge in [-0.15, -0.1) is 11.3 Å². The third kappa shape index (κ3) is 5.24. The number of carbonyl (C=O) groups excluding carboxylic acids is 2. The van der Waals surface area contributed by atoms with Gasteiger partial charge < -0.3 is 19.7 Å². The van der Waals surface area contributed by atoms with Crippen molar-refractivity contribution >= 4 is 39.2 Å². The maximum atomic E-state index is 13.8. The van der Waals surface area contributed by atoms with Gasteiger partial charge in [0.05, 0.1) is 5.56 Å². The van der Waals surface area contributed by atoms with Gasteiger partial charge in [0.2, 0.25) is 0 Å². The van der Waals surface area contributed by atoms with Crippen molar-refractivity contribution in [3.05, 3.63) is 88.7 Å². The van der Waals surface area contributed by atoms with Crippen LogP contribution in [0.2, 0.25) is 0 Å². The minimum Gasteiger partial charge on any atom is -0.334 e. The maximum absolute atomic E-state index is 13.8. The minimum absolute atomic E-state index is 0.181. The Bertz CT molecular complexity index is 1480. The fourth-order valence-corrected chi connectivity index (χ4v) is 5.57. The smallest absolute Gasteiger partial charge is 0.334 e. The predicted molar refractivity (Wildman–Crippen MR) is 138 cm³/mol. The van der Waals surface area contributed by atoms with E-state index >= 15 is 0 Å². The summed E-state index contributed by atoms with van der Waals surface area (Å²) in [5.74, 6) is -0.524. The number of urea groups is 1. The standard InChI is InChI=1S/C27H24F4N4O2S/c1-17-15-33(10-11-34(17)26(37)32-22-7-5-20(6-8-22)27(29,30)31)24(36)23-14-19-9-12-38-25(19)35(23)16-18-3-2-4-21(28)13-18/h2-9,12-14,17H,10-11,15-16H2,1H3,(H,32,37). The van der Waals surface area contributed by atoms with E-state index in [2.05, 4.69) is 5.32 Å². The number of thiophene rings is 1. The van der Waals surface area contributed by atoms with Crippen LogP contribution in [-0.2, 0) is 12.7 Å². The van der Waals surface area contributed by atoms with Crippen LogP contribution in [0.3, 0.4) is 0 Å². The maximum Gasteiger partial charge on any atom is 0.416 e. The second-order valence-electron chi connectivity index (χ2n) is 9.23. The number of piperazine rings is 1. The van der Waals surface area contributed by atoms with Gasteiger partial charge in [-0.25, -0.2) is 9.18 Å². The average Bonchev–Trinajstić information content (AvgIpc) is 3.46. The highest BCUT2D eigenvalue weighted by atomic mass is 32.1. The van der Waals surface area contributed by atoms with E-state index in [1.54, 1.807) is 15.9 Å². The zero-order valence-corrected chi connectivity index (χ0v) is 21.2. The molecule has 1 atom stereocenters. The van der Waals surface area contributed by atoms with Gasteiger partial charge in [-0.3, -0.25) is 4.79 Å². The number of rotatable bonds is 4. The molecule has 4 aromatic rings. The van der Waals surface area contributed by atoms with Crippen molar-refractivity contribution in [2.45, 2.75) is 25.7 Å². The van der Waals surface area contributed by atoms with Gasteiger partial charge in [-0.05, 0) is 66.4 Å². The van der Waals surface area contributed by atoms with Crippen LogP contribution in [-0.4, -0.2) is 52.0 Å². The van der Waals surface area contributed by atoms with Crippen molar-refractivity contribution < 1.29 is 27.2 Å². The van der Waals surface area contributed by atoms with Gasteiger partial charge >= 0.3 is 12.2 Å². The molecule has 0 aliphatic carbocycles. The molecule has 2 aromatic carbocycles. The van der Waals surface area contributed by atoms with E-state index in [-0.39, 0.29) is 36.5 Å². The Balaban J connectivity index is 1.28. The van der Waals surface area contributed by atoms with Crippen molar-refractivity contribution in [2.75, 3.05) is 25.0 Å². The predicted octanol–water partition coefficient (Wildman–Crippen LogP) is 6.29. The minimum atomic E-state index is -4.45. The molecular weight excluding hydrogens is 520 g/mol. The van der Waals surface area contributed by atoms with E-state index in [1.165, 1.54) is 35.6 Å². The van der Waals surface area contributed by atoms with Crippen molar-refractivity contribution in [3.8, 4) is 0 Å². The van der Waals surface area contributed by atoms with Crippen molar-refractivity contribution in [2.24, 2.45) is 0 Å². The summed E-state index contributed by atoms with van der Waals surface area (Å²) in [6.45, 7) is 3.00. The van der Waals surface area contributed by atoms with Gasteiger partial charge in [0, 0.05) is 43.3 Å². The summed E-state index contributed by atoms with van der Waals surface area (Å²) < 4.78 is 54.1. The molecular formula is C27H24F4N4O2S. The third-order valence-corrected chi connectivity index (χ3v) is 7.54. The second kappa shape index (κ2) is 10.1. The summed E-state index contributed by atoms with van der Waals surface area (Å²) in [5.41, 5.74) is 0.691. The number of amides is 3. The SMILES string of the molecule is CC1CN(C(=O)c2cc3ccsc3n2Cc2cccc(F)c2)CCN1C(=O)Nc1ccc(C(F)(F)F)cc1. The second-order valence-corrected chi connectivity index (χ2v) is 10.1. The summed E-state index contributed by atoms with van der Waals surface area (Å²) in [7, 11) is 0. The molecule has 0 spiro atoms. The zero-order valence-electron chi connectivity index (χ0n) is 20.3. The quantitative estimate of drug-likeness (QED) is 0.307. The molecule has 5 rings (SSSR count). The normalized spacial score (nSPS) is 16.2. The van der Waals surface area contributed by atoms with Gasteiger partial charge in [-0.1, -0.05) is 12.1 Å². The monoisotopic (exact) mass is 544 g/mol. The molecule has 0 radical (unpaired) electrons. The summed E-state index contributed by atoms with van der Waals surface area (Å²) in [4.78, 5) is 30.6. The molecule has 38 heavy (non-hydrogen) atoms. The van der Waals surface area contributed by atoms with Gasteiger partial charge in [0.25, 0.3) is 5.91 Å². The molecule has 1 aliphatic heterocycles. The summed E-state index contributed by atoms with van der Waals surface area (Å²) in [6, 6.07) is 13.5. The number of hydrogen-bond donors (Lipinski definition) is 1. The number of halogens is 4. The van der Waals surface area contributed by atoms with E-state index < -0.39 is 17.8 Å². The third-order valence-electron chi connectivity index (χ3n) is 6.59. The summed E-state index contributed by atoms with van der Waals surface area (Å²) >= 11 is 1.51. The molecule has 1 unspecified atom stereocenters. The van der Waals surface area contributed by atoms with Crippen LogP contribution in [0.15, 0.2) is 66.0 Å². The first-order valence-corrected chi connectivity index (χ1v) is 12.8. The lowest BCUT2D eigenvalue weighted by molar-refractivity contribution is -0.137. The molecule has 1 fully saturated rings. The lowest BCUT2D eigenvalue weighted by Gasteiger charge is -2.39. The van der Waals surface area contributed by atoms with E-state index in [4.69, 9.17) is 0 Å². The van der Waals surface area contributed by atoms with E-state index in [1.807, 2.05) is 35.1 Å². The van der Waals surface area contributed by atoms with Crippen molar-refractivity contribution in [1.29, 1.82) is 0 Å². The largest absolute Gasteiger partial charge is 0.416 e. The molecule has 0 bridgehead atoms.